The lowest BCUT2D eigenvalue weighted by Gasteiger charge is -2.34. The van der Waals surface area contributed by atoms with E-state index in [2.05, 4.69) is 17.1 Å². The Hall–Kier alpha value is -1.51. The maximum atomic E-state index is 12.0. The molecule has 0 amide bonds. The third-order valence-electron chi connectivity index (χ3n) is 4.25. The molecule has 6 nitrogen and oxygen atoms in total. The number of nitrogens with zero attached hydrogens (tertiary/aromatic N) is 2. The van der Waals surface area contributed by atoms with Crippen LogP contribution in [0.1, 0.15) is 32.3 Å². The van der Waals surface area contributed by atoms with Crippen molar-refractivity contribution in [3.63, 3.8) is 0 Å². The molecular weight excluding hydrogens is 445 g/mol. The van der Waals surface area contributed by atoms with Crippen LogP contribution in [0.5, 0.6) is 5.75 Å². The molecule has 0 aromatic heterocycles. The van der Waals surface area contributed by atoms with Crippen LogP contribution in [0, 0.1) is 5.92 Å². The number of likely N-dealkylation sites (tertiary alicyclic amines) is 1. The predicted octanol–water partition coefficient (Wildman–Crippen LogP) is 3.05. The van der Waals surface area contributed by atoms with Gasteiger partial charge in [0.25, 0.3) is 0 Å². The number of methoxy groups -OCH3 is 1. The molecule has 146 valence electrons. The van der Waals surface area contributed by atoms with E-state index in [0.717, 1.165) is 43.2 Å². The highest BCUT2D eigenvalue weighted by molar-refractivity contribution is 14.0. The molecule has 1 unspecified atom stereocenters. The highest BCUT2D eigenvalue weighted by Crippen LogP contribution is 2.18. The maximum Gasteiger partial charge on any atom is 0.310 e. The van der Waals surface area contributed by atoms with Crippen LogP contribution in [-0.2, 0) is 16.1 Å². The van der Waals surface area contributed by atoms with Gasteiger partial charge in [-0.25, -0.2) is 4.99 Å². The number of aliphatic imine (C=N–C) groups is 1. The van der Waals surface area contributed by atoms with Gasteiger partial charge in [-0.05, 0) is 44.4 Å². The Morgan fingerprint density at radius 3 is 2.65 bits per heavy atom. The highest BCUT2D eigenvalue weighted by atomic mass is 127. The molecule has 1 atom stereocenters. The van der Waals surface area contributed by atoms with Gasteiger partial charge >= 0.3 is 5.97 Å². The van der Waals surface area contributed by atoms with Gasteiger partial charge in [0.15, 0.2) is 5.96 Å². The molecule has 1 aromatic carbocycles. The lowest BCUT2D eigenvalue weighted by Crippen LogP contribution is -2.48. The Bertz CT molecular complexity index is 578. The van der Waals surface area contributed by atoms with Crippen molar-refractivity contribution in [2.45, 2.75) is 33.2 Å². The number of nitrogens with one attached hydrogen (secondary N) is 1. The van der Waals surface area contributed by atoms with Crippen LogP contribution in [0.2, 0.25) is 0 Å². The molecule has 1 aromatic rings. The summed E-state index contributed by atoms with van der Waals surface area (Å²) in [5, 5.41) is 3.34. The van der Waals surface area contributed by atoms with Gasteiger partial charge in [0, 0.05) is 19.6 Å². The zero-order valence-corrected chi connectivity index (χ0v) is 18.2. The van der Waals surface area contributed by atoms with Crippen molar-refractivity contribution in [1.29, 1.82) is 0 Å². The quantitative estimate of drug-likeness (QED) is 0.297. The summed E-state index contributed by atoms with van der Waals surface area (Å²) in [4.78, 5) is 18.9. The second-order valence-electron chi connectivity index (χ2n) is 6.06. The third kappa shape index (κ3) is 6.66. The number of hydrogen-bond donors (Lipinski definition) is 1. The van der Waals surface area contributed by atoms with Gasteiger partial charge in [0.05, 0.1) is 26.2 Å². The standard InChI is InChI=1S/C19H29N3O3.HI/c1-4-20-19(21-13-15-8-10-17(24-3)11-9-15)22-12-6-7-16(14-22)18(23)25-5-2;/h8-11,16H,4-7,12-14H2,1-3H3,(H,20,21);1H. The highest BCUT2D eigenvalue weighted by Gasteiger charge is 2.28. The van der Waals surface area contributed by atoms with Crippen LogP contribution in [0.15, 0.2) is 29.3 Å². The lowest BCUT2D eigenvalue weighted by atomic mass is 9.98. The molecule has 1 aliphatic rings. The second kappa shape index (κ2) is 12.0. The van der Waals surface area contributed by atoms with E-state index in [4.69, 9.17) is 14.5 Å². The van der Waals surface area contributed by atoms with Crippen molar-refractivity contribution < 1.29 is 14.3 Å². The van der Waals surface area contributed by atoms with Crippen molar-refractivity contribution in [2.24, 2.45) is 10.9 Å². The molecule has 0 radical (unpaired) electrons. The lowest BCUT2D eigenvalue weighted by molar-refractivity contribution is -0.149. The number of piperidine rings is 1. The minimum atomic E-state index is -0.0989. The van der Waals surface area contributed by atoms with E-state index in [1.807, 2.05) is 31.2 Å². The van der Waals surface area contributed by atoms with Crippen molar-refractivity contribution in [3.05, 3.63) is 29.8 Å². The topological polar surface area (TPSA) is 63.2 Å². The summed E-state index contributed by atoms with van der Waals surface area (Å²) in [5.74, 6) is 1.53. The van der Waals surface area contributed by atoms with Crippen LogP contribution in [0.4, 0.5) is 0 Å². The summed E-state index contributed by atoms with van der Waals surface area (Å²) < 4.78 is 10.4. The fourth-order valence-electron chi connectivity index (χ4n) is 2.94. The minimum Gasteiger partial charge on any atom is -0.497 e. The smallest absolute Gasteiger partial charge is 0.310 e. The van der Waals surface area contributed by atoms with E-state index in [1.54, 1.807) is 7.11 Å². The average molecular weight is 475 g/mol. The number of hydrogen-bond acceptors (Lipinski definition) is 4. The number of ether oxygens (including phenoxy) is 2. The fourth-order valence-corrected chi connectivity index (χ4v) is 2.94. The first-order valence-corrected chi connectivity index (χ1v) is 9.00. The molecule has 0 spiro atoms. The molecule has 0 saturated carbocycles. The van der Waals surface area contributed by atoms with Gasteiger partial charge in [-0.15, -0.1) is 24.0 Å². The summed E-state index contributed by atoms with van der Waals surface area (Å²) in [7, 11) is 1.66. The molecule has 0 aliphatic carbocycles. The summed E-state index contributed by atoms with van der Waals surface area (Å²) in [6.45, 7) is 7.28. The molecular formula is C19H30IN3O3. The van der Waals surface area contributed by atoms with E-state index in [9.17, 15) is 4.79 Å². The first kappa shape index (κ1) is 22.5. The van der Waals surface area contributed by atoms with E-state index < -0.39 is 0 Å². The molecule has 1 saturated heterocycles. The number of benzene rings is 1. The normalized spacial score (nSPS) is 17.3. The molecule has 1 N–H and O–H groups in total. The number of rotatable bonds is 6. The molecule has 1 aliphatic heterocycles. The number of halogens is 1. The first-order chi connectivity index (χ1) is 12.2. The SMILES string of the molecule is CCNC(=NCc1ccc(OC)cc1)N1CCCC(C(=O)OCC)C1.I. The van der Waals surface area contributed by atoms with Gasteiger partial charge in [0.1, 0.15) is 5.75 Å². The van der Waals surface area contributed by atoms with E-state index in [0.29, 0.717) is 19.7 Å². The van der Waals surface area contributed by atoms with Crippen LogP contribution >= 0.6 is 24.0 Å². The van der Waals surface area contributed by atoms with Gasteiger partial charge in [-0.3, -0.25) is 4.79 Å². The van der Waals surface area contributed by atoms with Crippen LogP contribution in [0.3, 0.4) is 0 Å². The van der Waals surface area contributed by atoms with Crippen molar-refractivity contribution >= 4 is 35.9 Å². The summed E-state index contributed by atoms with van der Waals surface area (Å²) in [5.41, 5.74) is 1.12. The van der Waals surface area contributed by atoms with Gasteiger partial charge in [0.2, 0.25) is 0 Å². The van der Waals surface area contributed by atoms with Gasteiger partial charge in [-0.2, -0.15) is 0 Å². The number of esters is 1. The molecule has 26 heavy (non-hydrogen) atoms. The number of carbonyl (C=O) groups is 1. The minimum absolute atomic E-state index is 0. The molecule has 1 heterocycles. The molecule has 7 heteroatoms. The summed E-state index contributed by atoms with van der Waals surface area (Å²) >= 11 is 0. The van der Waals surface area contributed by atoms with E-state index in [-0.39, 0.29) is 35.9 Å². The Morgan fingerprint density at radius 2 is 2.04 bits per heavy atom. The molecule has 2 rings (SSSR count). The zero-order valence-electron chi connectivity index (χ0n) is 15.9. The Kier molecular flexibility index (Phi) is 10.4. The van der Waals surface area contributed by atoms with Crippen LogP contribution < -0.4 is 10.1 Å². The third-order valence-corrected chi connectivity index (χ3v) is 4.25. The molecule has 0 bridgehead atoms. The largest absolute Gasteiger partial charge is 0.497 e. The average Bonchev–Trinajstić information content (AvgIpc) is 2.66. The monoisotopic (exact) mass is 475 g/mol. The predicted molar refractivity (Wildman–Crippen MR) is 114 cm³/mol. The van der Waals surface area contributed by atoms with Gasteiger partial charge in [-0.1, -0.05) is 12.1 Å². The Morgan fingerprint density at radius 1 is 1.31 bits per heavy atom. The van der Waals surface area contributed by atoms with E-state index >= 15 is 0 Å². The Balaban J connectivity index is 0.00000338. The first-order valence-electron chi connectivity index (χ1n) is 9.00. The Labute approximate surface area is 173 Å². The summed E-state index contributed by atoms with van der Waals surface area (Å²) in [6, 6.07) is 7.91. The van der Waals surface area contributed by atoms with Crippen molar-refractivity contribution in [1.82, 2.24) is 10.2 Å². The van der Waals surface area contributed by atoms with Crippen LogP contribution in [0.25, 0.3) is 0 Å². The second-order valence-corrected chi connectivity index (χ2v) is 6.06. The van der Waals surface area contributed by atoms with Crippen molar-refractivity contribution in [2.75, 3.05) is 33.4 Å². The van der Waals surface area contributed by atoms with E-state index in [1.165, 1.54) is 0 Å². The zero-order chi connectivity index (χ0) is 18.1. The maximum absolute atomic E-state index is 12.0. The number of carbonyl (C=O) groups excluding carboxylic acids is 1. The fraction of sp³-hybridized carbons (Fsp3) is 0.579. The number of guanidine groups is 1. The summed E-state index contributed by atoms with van der Waals surface area (Å²) in [6.07, 6.45) is 1.85. The molecule has 1 fully saturated rings. The van der Waals surface area contributed by atoms with Gasteiger partial charge < -0.3 is 19.7 Å². The van der Waals surface area contributed by atoms with Crippen molar-refractivity contribution in [3.8, 4) is 5.75 Å². The van der Waals surface area contributed by atoms with Crippen LogP contribution in [-0.4, -0.2) is 50.2 Å².